The van der Waals surface area contributed by atoms with E-state index in [1.54, 1.807) is 14.1 Å². The van der Waals surface area contributed by atoms with Gasteiger partial charge in [-0.3, -0.25) is 4.79 Å². The van der Waals surface area contributed by atoms with E-state index < -0.39 is 5.82 Å². The molecule has 0 fully saturated rings. The average molecular weight is 249 g/mol. The molecule has 0 saturated heterocycles. The van der Waals surface area contributed by atoms with Gasteiger partial charge in [0.25, 0.3) is 5.24 Å². The van der Waals surface area contributed by atoms with Crippen LogP contribution in [0.25, 0.3) is 0 Å². The fourth-order valence-corrected chi connectivity index (χ4v) is 1.79. The van der Waals surface area contributed by atoms with Crippen molar-refractivity contribution in [1.29, 1.82) is 0 Å². The summed E-state index contributed by atoms with van der Waals surface area (Å²) in [7, 11) is 3.24. The normalized spacial score (nSPS) is 10.1. The van der Waals surface area contributed by atoms with Gasteiger partial charge in [-0.05, 0) is 23.9 Å². The molecule has 0 radical (unpaired) electrons. The Morgan fingerprint density at radius 3 is 2.67 bits per heavy atom. The number of rotatable bonds is 1. The van der Waals surface area contributed by atoms with Crippen molar-refractivity contribution < 1.29 is 9.18 Å². The van der Waals surface area contributed by atoms with Gasteiger partial charge < -0.3 is 10.6 Å². The average Bonchev–Trinajstić information content (AvgIpc) is 2.13. The lowest BCUT2D eigenvalue weighted by atomic mass is 10.3. The van der Waals surface area contributed by atoms with Crippen LogP contribution in [0, 0.1) is 5.82 Å². The van der Waals surface area contributed by atoms with Crippen LogP contribution in [-0.2, 0) is 0 Å². The lowest BCUT2D eigenvalue weighted by Crippen LogP contribution is -2.16. The van der Waals surface area contributed by atoms with E-state index >= 15 is 0 Å². The molecule has 82 valence electrons. The number of hydrogen-bond acceptors (Lipinski definition) is 3. The first-order chi connectivity index (χ1) is 6.91. The summed E-state index contributed by atoms with van der Waals surface area (Å²) < 4.78 is 12.9. The van der Waals surface area contributed by atoms with Crippen LogP contribution in [0.15, 0.2) is 17.0 Å². The van der Waals surface area contributed by atoms with Crippen molar-refractivity contribution in [3.63, 3.8) is 0 Å². The van der Waals surface area contributed by atoms with E-state index in [2.05, 4.69) is 0 Å². The molecule has 15 heavy (non-hydrogen) atoms. The van der Waals surface area contributed by atoms with Gasteiger partial charge in [0.05, 0.1) is 10.7 Å². The van der Waals surface area contributed by atoms with Crippen molar-refractivity contribution in [2.45, 2.75) is 4.90 Å². The van der Waals surface area contributed by atoms with Crippen LogP contribution in [0.4, 0.5) is 14.9 Å². The summed E-state index contributed by atoms with van der Waals surface area (Å²) in [4.78, 5) is 13.2. The Kier molecular flexibility index (Phi) is 3.82. The van der Waals surface area contributed by atoms with Crippen molar-refractivity contribution in [3.05, 3.63) is 23.0 Å². The van der Waals surface area contributed by atoms with Crippen LogP contribution in [-0.4, -0.2) is 24.2 Å². The first-order valence-electron chi connectivity index (χ1n) is 4.05. The molecule has 0 unspecified atom stereocenters. The van der Waals surface area contributed by atoms with Gasteiger partial charge in [0.15, 0.2) is 0 Å². The number of benzene rings is 1. The molecule has 2 N–H and O–H groups in total. The molecule has 0 aliphatic rings. The van der Waals surface area contributed by atoms with E-state index in [1.165, 1.54) is 11.0 Å². The number of amides is 1. The van der Waals surface area contributed by atoms with Crippen molar-refractivity contribution in [3.8, 4) is 0 Å². The molecule has 0 aliphatic heterocycles. The summed E-state index contributed by atoms with van der Waals surface area (Å²) in [5, 5.41) is -0.00944. The summed E-state index contributed by atoms with van der Waals surface area (Å²) in [6, 6.07) is 2.45. The van der Waals surface area contributed by atoms with Gasteiger partial charge in [-0.25, -0.2) is 4.39 Å². The smallest absolute Gasteiger partial charge is 0.285 e. The molecule has 1 aromatic carbocycles. The zero-order valence-electron chi connectivity index (χ0n) is 8.25. The number of hydrogen-bond donors (Lipinski definition) is 1. The van der Waals surface area contributed by atoms with E-state index in [-0.39, 0.29) is 15.9 Å². The Bertz CT molecular complexity index is 398. The Morgan fingerprint density at radius 2 is 2.13 bits per heavy atom. The Labute approximate surface area is 96.4 Å². The first kappa shape index (κ1) is 12.1. The molecule has 0 heterocycles. The molecule has 1 amide bonds. The van der Waals surface area contributed by atoms with Gasteiger partial charge in [0.2, 0.25) is 0 Å². The summed E-state index contributed by atoms with van der Waals surface area (Å²) in [5.74, 6) is -0.582. The molecule has 0 spiro atoms. The van der Waals surface area contributed by atoms with Crippen LogP contribution in [0.5, 0.6) is 0 Å². The van der Waals surface area contributed by atoms with Crippen LogP contribution >= 0.6 is 23.4 Å². The largest absolute Gasteiger partial charge is 0.396 e. The second kappa shape index (κ2) is 4.72. The van der Waals surface area contributed by atoms with Gasteiger partial charge in [0.1, 0.15) is 5.82 Å². The molecule has 0 aromatic heterocycles. The molecule has 0 aliphatic carbocycles. The molecule has 1 rings (SSSR count). The Morgan fingerprint density at radius 1 is 1.53 bits per heavy atom. The highest BCUT2D eigenvalue weighted by Gasteiger charge is 2.12. The molecule has 0 atom stereocenters. The second-order valence-electron chi connectivity index (χ2n) is 3.07. The van der Waals surface area contributed by atoms with Gasteiger partial charge in [-0.1, -0.05) is 11.6 Å². The standard InChI is InChI=1S/C9H10ClFN2OS/c1-13(2)9(14)15-8-4-7(12)6(11)3-5(8)10/h3-4H,12H2,1-2H3. The van der Waals surface area contributed by atoms with Crippen molar-refractivity contribution in [1.82, 2.24) is 4.90 Å². The molecular weight excluding hydrogens is 239 g/mol. The highest BCUT2D eigenvalue weighted by Crippen LogP contribution is 2.31. The molecule has 1 aromatic rings. The van der Waals surface area contributed by atoms with Gasteiger partial charge in [-0.2, -0.15) is 0 Å². The summed E-state index contributed by atoms with van der Waals surface area (Å²) in [5.41, 5.74) is 5.35. The zero-order chi connectivity index (χ0) is 11.6. The number of carbonyl (C=O) groups is 1. The molecule has 0 bridgehead atoms. The van der Waals surface area contributed by atoms with E-state index in [1.807, 2.05) is 0 Å². The third-order valence-electron chi connectivity index (χ3n) is 1.61. The van der Waals surface area contributed by atoms with Crippen LogP contribution in [0.3, 0.4) is 0 Å². The van der Waals surface area contributed by atoms with Crippen molar-refractivity contribution >= 4 is 34.3 Å². The number of nitrogens with two attached hydrogens (primary N) is 1. The maximum absolute atomic E-state index is 12.9. The molecule has 0 saturated carbocycles. The summed E-state index contributed by atoms with van der Waals surface area (Å²) in [6.07, 6.45) is 0. The van der Waals surface area contributed by atoms with E-state index in [4.69, 9.17) is 17.3 Å². The SMILES string of the molecule is CN(C)C(=O)Sc1cc(N)c(F)cc1Cl. The third kappa shape index (κ3) is 3.00. The minimum atomic E-state index is -0.582. The van der Waals surface area contributed by atoms with E-state index in [9.17, 15) is 9.18 Å². The van der Waals surface area contributed by atoms with Crippen LogP contribution in [0.1, 0.15) is 0 Å². The minimum Gasteiger partial charge on any atom is -0.396 e. The number of nitrogen functional groups attached to an aromatic ring is 1. The zero-order valence-corrected chi connectivity index (χ0v) is 9.82. The van der Waals surface area contributed by atoms with Gasteiger partial charge in [-0.15, -0.1) is 0 Å². The highest BCUT2D eigenvalue weighted by molar-refractivity contribution is 8.13. The maximum atomic E-state index is 12.9. The summed E-state index contributed by atoms with van der Waals surface area (Å²) in [6.45, 7) is 0. The Balaban J connectivity index is 2.96. The first-order valence-corrected chi connectivity index (χ1v) is 5.25. The monoisotopic (exact) mass is 248 g/mol. The van der Waals surface area contributed by atoms with Crippen LogP contribution in [0.2, 0.25) is 5.02 Å². The lowest BCUT2D eigenvalue weighted by Gasteiger charge is -2.10. The van der Waals surface area contributed by atoms with Gasteiger partial charge in [0, 0.05) is 19.0 Å². The van der Waals surface area contributed by atoms with Crippen molar-refractivity contribution in [2.24, 2.45) is 0 Å². The summed E-state index contributed by atoms with van der Waals surface area (Å²) >= 11 is 6.67. The third-order valence-corrected chi connectivity index (χ3v) is 3.14. The minimum absolute atomic E-state index is 0.0199. The number of anilines is 1. The van der Waals surface area contributed by atoms with Crippen molar-refractivity contribution in [2.75, 3.05) is 19.8 Å². The second-order valence-corrected chi connectivity index (χ2v) is 4.47. The highest BCUT2D eigenvalue weighted by atomic mass is 35.5. The molecular formula is C9H10ClFN2OS. The fourth-order valence-electron chi connectivity index (χ4n) is 0.808. The fraction of sp³-hybridized carbons (Fsp3) is 0.222. The van der Waals surface area contributed by atoms with Crippen LogP contribution < -0.4 is 5.73 Å². The number of carbonyl (C=O) groups excluding carboxylic acids is 1. The van der Waals surface area contributed by atoms with E-state index in [0.717, 1.165) is 17.8 Å². The lowest BCUT2D eigenvalue weighted by molar-refractivity contribution is 0.241. The maximum Gasteiger partial charge on any atom is 0.285 e. The predicted molar refractivity (Wildman–Crippen MR) is 60.8 cm³/mol. The molecule has 3 nitrogen and oxygen atoms in total. The predicted octanol–water partition coefficient (Wildman–Crippen LogP) is 2.84. The Hall–Kier alpha value is -0.940. The quantitative estimate of drug-likeness (QED) is 0.614. The topological polar surface area (TPSA) is 46.3 Å². The molecule has 6 heteroatoms. The number of nitrogens with zero attached hydrogens (tertiary/aromatic N) is 1. The van der Waals surface area contributed by atoms with Gasteiger partial charge >= 0.3 is 0 Å². The van der Waals surface area contributed by atoms with E-state index in [0.29, 0.717) is 4.90 Å². The number of thioether (sulfide) groups is 1. The number of halogens is 2.